The summed E-state index contributed by atoms with van der Waals surface area (Å²) in [6, 6.07) is 0.547. The molecule has 1 saturated carbocycles. The number of amides is 1. The molecule has 1 rings (SSSR count). The van der Waals surface area contributed by atoms with E-state index in [2.05, 4.69) is 17.6 Å². The Morgan fingerprint density at radius 1 is 1.38 bits per heavy atom. The molecule has 0 aromatic rings. The summed E-state index contributed by atoms with van der Waals surface area (Å²) in [6.07, 6.45) is 5.17. The topological polar surface area (TPSA) is 41.1 Å². The highest BCUT2D eigenvalue weighted by atomic mass is 16.1. The number of hydrogen-bond acceptors (Lipinski definition) is 2. The van der Waals surface area contributed by atoms with E-state index in [-0.39, 0.29) is 5.91 Å². The van der Waals surface area contributed by atoms with E-state index < -0.39 is 0 Å². The highest BCUT2D eigenvalue weighted by molar-refractivity contribution is 5.77. The predicted octanol–water partition coefficient (Wildman–Crippen LogP) is 0.901. The molecule has 0 aliphatic heterocycles. The summed E-state index contributed by atoms with van der Waals surface area (Å²) in [5.74, 6) is 0.802. The standard InChI is InChI=1S/C10H20N2O/c1-8-5-3-4-6-9(8)12-7-10(13)11-2/h8-9,12H,3-7H2,1-2H3,(H,11,13). The van der Waals surface area contributed by atoms with Gasteiger partial charge in [0.2, 0.25) is 5.91 Å². The Morgan fingerprint density at radius 2 is 2.08 bits per heavy atom. The molecule has 3 nitrogen and oxygen atoms in total. The third kappa shape index (κ3) is 3.35. The van der Waals surface area contributed by atoms with Gasteiger partial charge in [-0.05, 0) is 18.8 Å². The molecule has 2 unspecified atom stereocenters. The van der Waals surface area contributed by atoms with Crippen molar-refractivity contribution in [1.29, 1.82) is 0 Å². The molecule has 0 heterocycles. The summed E-state index contributed by atoms with van der Waals surface area (Å²) in [7, 11) is 1.67. The van der Waals surface area contributed by atoms with Gasteiger partial charge in [-0.15, -0.1) is 0 Å². The van der Waals surface area contributed by atoms with Gasteiger partial charge in [-0.3, -0.25) is 4.79 Å². The molecule has 1 fully saturated rings. The molecule has 3 heteroatoms. The first-order valence-electron chi connectivity index (χ1n) is 5.18. The average Bonchev–Trinajstić information content (AvgIpc) is 2.16. The maximum atomic E-state index is 11.0. The zero-order valence-corrected chi connectivity index (χ0v) is 8.60. The molecular weight excluding hydrogens is 164 g/mol. The molecule has 1 aliphatic carbocycles. The van der Waals surface area contributed by atoms with Crippen LogP contribution in [-0.4, -0.2) is 25.5 Å². The van der Waals surface area contributed by atoms with Crippen LogP contribution in [0.4, 0.5) is 0 Å². The lowest BCUT2D eigenvalue weighted by atomic mass is 9.86. The van der Waals surface area contributed by atoms with Crippen molar-refractivity contribution >= 4 is 5.91 Å². The zero-order valence-electron chi connectivity index (χ0n) is 8.60. The summed E-state index contributed by atoms with van der Waals surface area (Å²) in [5, 5.41) is 5.93. The maximum Gasteiger partial charge on any atom is 0.233 e. The van der Waals surface area contributed by atoms with Gasteiger partial charge in [-0.2, -0.15) is 0 Å². The van der Waals surface area contributed by atoms with E-state index in [0.717, 1.165) is 5.92 Å². The SMILES string of the molecule is CNC(=O)CNC1CCCCC1C. The molecule has 1 amide bonds. The van der Waals surface area contributed by atoms with Gasteiger partial charge in [-0.25, -0.2) is 0 Å². The highest BCUT2D eigenvalue weighted by Gasteiger charge is 2.20. The Labute approximate surface area is 80.3 Å². The summed E-state index contributed by atoms with van der Waals surface area (Å²) in [5.41, 5.74) is 0. The lowest BCUT2D eigenvalue weighted by Gasteiger charge is -2.29. The lowest BCUT2D eigenvalue weighted by molar-refractivity contribution is -0.120. The van der Waals surface area contributed by atoms with Crippen molar-refractivity contribution in [3.8, 4) is 0 Å². The molecule has 0 aromatic carbocycles. The molecule has 0 radical (unpaired) electrons. The van der Waals surface area contributed by atoms with Crippen LogP contribution in [0.2, 0.25) is 0 Å². The minimum atomic E-state index is 0.0813. The molecule has 76 valence electrons. The van der Waals surface area contributed by atoms with Crippen molar-refractivity contribution in [2.45, 2.75) is 38.6 Å². The number of carbonyl (C=O) groups is 1. The van der Waals surface area contributed by atoms with Crippen LogP contribution in [0.3, 0.4) is 0 Å². The van der Waals surface area contributed by atoms with E-state index in [0.29, 0.717) is 12.6 Å². The summed E-state index contributed by atoms with van der Waals surface area (Å²) in [6.45, 7) is 2.73. The second kappa shape index (κ2) is 5.22. The first-order chi connectivity index (χ1) is 6.24. The molecule has 2 N–H and O–H groups in total. The lowest BCUT2D eigenvalue weighted by Crippen LogP contribution is -2.42. The van der Waals surface area contributed by atoms with Gasteiger partial charge in [-0.1, -0.05) is 19.8 Å². The fraction of sp³-hybridized carbons (Fsp3) is 0.900. The third-order valence-electron chi connectivity index (χ3n) is 2.92. The summed E-state index contributed by atoms with van der Waals surface area (Å²) < 4.78 is 0. The quantitative estimate of drug-likeness (QED) is 0.684. The summed E-state index contributed by atoms with van der Waals surface area (Å²) >= 11 is 0. The minimum absolute atomic E-state index is 0.0813. The van der Waals surface area contributed by atoms with Crippen LogP contribution in [0.15, 0.2) is 0 Å². The van der Waals surface area contributed by atoms with Crippen LogP contribution >= 0.6 is 0 Å². The molecule has 0 bridgehead atoms. The van der Waals surface area contributed by atoms with E-state index in [9.17, 15) is 4.79 Å². The van der Waals surface area contributed by atoms with Crippen LogP contribution in [0.1, 0.15) is 32.6 Å². The molecule has 0 saturated heterocycles. The number of carbonyl (C=O) groups excluding carboxylic acids is 1. The van der Waals surface area contributed by atoms with Gasteiger partial charge in [0.05, 0.1) is 6.54 Å². The van der Waals surface area contributed by atoms with E-state index in [4.69, 9.17) is 0 Å². The van der Waals surface area contributed by atoms with Crippen LogP contribution in [0, 0.1) is 5.92 Å². The zero-order chi connectivity index (χ0) is 9.68. The highest BCUT2D eigenvalue weighted by Crippen LogP contribution is 2.23. The Bertz CT molecular complexity index is 170. The van der Waals surface area contributed by atoms with Gasteiger partial charge in [0, 0.05) is 13.1 Å². The smallest absolute Gasteiger partial charge is 0.233 e. The van der Waals surface area contributed by atoms with Crippen LogP contribution in [-0.2, 0) is 4.79 Å². The van der Waals surface area contributed by atoms with Crippen LogP contribution in [0.25, 0.3) is 0 Å². The summed E-state index contributed by atoms with van der Waals surface area (Å²) in [4.78, 5) is 11.0. The fourth-order valence-corrected chi connectivity index (χ4v) is 1.93. The molecule has 0 spiro atoms. The van der Waals surface area contributed by atoms with Gasteiger partial charge < -0.3 is 10.6 Å². The Morgan fingerprint density at radius 3 is 2.69 bits per heavy atom. The van der Waals surface area contributed by atoms with Crippen LogP contribution in [0.5, 0.6) is 0 Å². The third-order valence-corrected chi connectivity index (χ3v) is 2.92. The van der Waals surface area contributed by atoms with Crippen molar-refractivity contribution in [2.75, 3.05) is 13.6 Å². The van der Waals surface area contributed by atoms with Gasteiger partial charge in [0.1, 0.15) is 0 Å². The number of nitrogens with one attached hydrogen (secondary N) is 2. The molecular formula is C10H20N2O. The van der Waals surface area contributed by atoms with Crippen molar-refractivity contribution < 1.29 is 4.79 Å². The van der Waals surface area contributed by atoms with Crippen LogP contribution < -0.4 is 10.6 Å². The Hall–Kier alpha value is -0.570. The number of rotatable bonds is 3. The minimum Gasteiger partial charge on any atom is -0.358 e. The molecule has 13 heavy (non-hydrogen) atoms. The Kier molecular flexibility index (Phi) is 4.22. The van der Waals surface area contributed by atoms with Gasteiger partial charge in [0.15, 0.2) is 0 Å². The first-order valence-corrected chi connectivity index (χ1v) is 5.18. The molecule has 1 aliphatic rings. The number of hydrogen-bond donors (Lipinski definition) is 2. The van der Waals surface area contributed by atoms with Crippen molar-refractivity contribution in [2.24, 2.45) is 5.92 Å². The average molecular weight is 184 g/mol. The fourth-order valence-electron chi connectivity index (χ4n) is 1.93. The van der Waals surface area contributed by atoms with Crippen molar-refractivity contribution in [3.05, 3.63) is 0 Å². The van der Waals surface area contributed by atoms with E-state index in [1.54, 1.807) is 7.05 Å². The van der Waals surface area contributed by atoms with E-state index >= 15 is 0 Å². The van der Waals surface area contributed by atoms with E-state index in [1.165, 1.54) is 25.7 Å². The predicted molar refractivity (Wildman–Crippen MR) is 53.5 cm³/mol. The Balaban J connectivity index is 2.22. The second-order valence-electron chi connectivity index (χ2n) is 3.92. The molecule has 2 atom stereocenters. The first kappa shape index (κ1) is 10.5. The van der Waals surface area contributed by atoms with Gasteiger partial charge >= 0.3 is 0 Å². The maximum absolute atomic E-state index is 11.0. The van der Waals surface area contributed by atoms with Crippen molar-refractivity contribution in [1.82, 2.24) is 10.6 Å². The van der Waals surface area contributed by atoms with Crippen molar-refractivity contribution in [3.63, 3.8) is 0 Å². The van der Waals surface area contributed by atoms with Gasteiger partial charge in [0.25, 0.3) is 0 Å². The molecule has 0 aromatic heterocycles. The largest absolute Gasteiger partial charge is 0.358 e. The second-order valence-corrected chi connectivity index (χ2v) is 3.92. The normalized spacial score (nSPS) is 28.5. The number of likely N-dealkylation sites (N-methyl/N-ethyl adjacent to an activating group) is 1. The van der Waals surface area contributed by atoms with E-state index in [1.807, 2.05) is 0 Å². The monoisotopic (exact) mass is 184 g/mol.